The summed E-state index contributed by atoms with van der Waals surface area (Å²) in [7, 11) is 3.20. The normalized spacial score (nSPS) is 25.4. The maximum absolute atomic E-state index is 14.8. The Bertz CT molecular complexity index is 976. The van der Waals surface area contributed by atoms with Gasteiger partial charge in [0.15, 0.2) is 11.6 Å². The Kier molecular flexibility index (Phi) is 10.4. The summed E-state index contributed by atoms with van der Waals surface area (Å²) < 4.78 is 20.1. The van der Waals surface area contributed by atoms with E-state index in [-0.39, 0.29) is 29.5 Å². The van der Waals surface area contributed by atoms with E-state index in [1.54, 1.807) is 13.1 Å². The number of halogens is 1. The Balaban J connectivity index is 1.19. The number of guanidine groups is 1. The number of aliphatic imine (C=N–C) groups is 2. The van der Waals surface area contributed by atoms with Gasteiger partial charge in [-0.05, 0) is 76.0 Å². The third kappa shape index (κ3) is 7.91. The van der Waals surface area contributed by atoms with Crippen molar-refractivity contribution >= 4 is 18.1 Å². The maximum atomic E-state index is 14.8. The van der Waals surface area contributed by atoms with Crippen LogP contribution in [0.15, 0.2) is 45.0 Å². The Morgan fingerprint density at radius 1 is 1.18 bits per heavy atom. The molecule has 4 rings (SSSR count). The molecule has 3 aliphatic carbocycles. The summed E-state index contributed by atoms with van der Waals surface area (Å²) in [5.41, 5.74) is 2.14. The summed E-state index contributed by atoms with van der Waals surface area (Å²) in [6.45, 7) is 7.93. The zero-order chi connectivity index (χ0) is 26.9. The molecule has 2 atom stereocenters. The quantitative estimate of drug-likeness (QED) is 0.255. The van der Waals surface area contributed by atoms with E-state index in [1.165, 1.54) is 12.8 Å². The van der Waals surface area contributed by atoms with E-state index in [9.17, 15) is 9.18 Å². The number of allylic oxidation sites excluding steroid dienone is 3. The standard InChI is InChI=1S/C29H45FN6O2/c1-4-35-15-17-36(18-16-35)25-12-10-24(11-13-25)34-29(31-2)32-14-6-5-7-21-19-22(20-26(38-3)27(21)30)28(37)33-23-8-9-23/h12,14,20,22-24H,4-11,13,15-19H2,1-3H3,(H,31,34)(H,33,37)/b32-14-. The Hall–Kier alpha value is -2.68. The molecule has 0 spiro atoms. The largest absolute Gasteiger partial charge is 0.494 e. The van der Waals surface area contributed by atoms with Crippen LogP contribution in [0.2, 0.25) is 0 Å². The first-order chi connectivity index (χ1) is 18.5. The summed E-state index contributed by atoms with van der Waals surface area (Å²) in [5, 5.41) is 6.51. The lowest BCUT2D eigenvalue weighted by molar-refractivity contribution is -0.123. The molecule has 1 saturated heterocycles. The van der Waals surface area contributed by atoms with Gasteiger partial charge < -0.3 is 25.2 Å². The van der Waals surface area contributed by atoms with Crippen molar-refractivity contribution in [1.82, 2.24) is 20.4 Å². The summed E-state index contributed by atoms with van der Waals surface area (Å²) in [4.78, 5) is 26.4. The molecule has 210 valence electrons. The number of unbranched alkanes of at least 4 members (excludes halogenated alkanes) is 1. The van der Waals surface area contributed by atoms with Crippen LogP contribution in [0.1, 0.15) is 64.7 Å². The van der Waals surface area contributed by atoms with Crippen molar-refractivity contribution in [3.05, 3.63) is 35.0 Å². The molecule has 0 bridgehead atoms. The number of methoxy groups -OCH3 is 1. The van der Waals surface area contributed by atoms with Gasteiger partial charge in [0, 0.05) is 57.2 Å². The van der Waals surface area contributed by atoms with Crippen molar-refractivity contribution in [3.63, 3.8) is 0 Å². The lowest BCUT2D eigenvalue weighted by atomic mass is 9.89. The Morgan fingerprint density at radius 2 is 1.97 bits per heavy atom. The van der Waals surface area contributed by atoms with Gasteiger partial charge in [0.05, 0.1) is 13.0 Å². The third-order valence-electron chi connectivity index (χ3n) is 8.01. The molecule has 0 aromatic rings. The van der Waals surface area contributed by atoms with Crippen molar-refractivity contribution in [2.75, 3.05) is 46.9 Å². The van der Waals surface area contributed by atoms with Crippen molar-refractivity contribution in [3.8, 4) is 0 Å². The van der Waals surface area contributed by atoms with E-state index in [2.05, 4.69) is 43.4 Å². The number of carbonyl (C=O) groups is 1. The van der Waals surface area contributed by atoms with Gasteiger partial charge in [-0.25, -0.2) is 9.38 Å². The number of carbonyl (C=O) groups excluding carboxylic acids is 1. The second-order valence-electron chi connectivity index (χ2n) is 10.7. The number of hydrogen-bond donors (Lipinski definition) is 2. The average Bonchev–Trinajstić information content (AvgIpc) is 3.77. The van der Waals surface area contributed by atoms with Crippen LogP contribution in [-0.2, 0) is 9.53 Å². The fourth-order valence-electron chi connectivity index (χ4n) is 5.41. The minimum atomic E-state index is -0.372. The third-order valence-corrected chi connectivity index (χ3v) is 8.01. The molecule has 0 aromatic heterocycles. The second kappa shape index (κ2) is 13.9. The van der Waals surface area contributed by atoms with Crippen LogP contribution >= 0.6 is 0 Å². The number of hydrogen-bond acceptors (Lipinski definition) is 5. The molecule has 0 radical (unpaired) electrons. The number of amides is 1. The molecule has 2 N–H and O–H groups in total. The highest BCUT2D eigenvalue weighted by atomic mass is 19.1. The van der Waals surface area contributed by atoms with Gasteiger partial charge in [-0.2, -0.15) is 0 Å². The first kappa shape index (κ1) is 28.3. The molecule has 0 aromatic carbocycles. The van der Waals surface area contributed by atoms with Gasteiger partial charge in [-0.15, -0.1) is 0 Å². The molecule has 2 unspecified atom stereocenters. The van der Waals surface area contributed by atoms with Crippen molar-refractivity contribution < 1.29 is 13.9 Å². The van der Waals surface area contributed by atoms with Gasteiger partial charge in [-0.3, -0.25) is 9.79 Å². The predicted octanol–water partition coefficient (Wildman–Crippen LogP) is 3.93. The Labute approximate surface area is 227 Å². The SMILES string of the molecule is CCN1CCN(C2=CCC(NC(=NC)/N=C\CCCC3=C(F)C(OC)=CC(C(=O)NC4CC4)C3)CC2)CC1. The van der Waals surface area contributed by atoms with E-state index < -0.39 is 0 Å². The predicted molar refractivity (Wildman–Crippen MR) is 151 cm³/mol. The molecule has 2 fully saturated rings. The molecular weight excluding hydrogens is 483 g/mol. The smallest absolute Gasteiger partial charge is 0.227 e. The Morgan fingerprint density at radius 3 is 2.61 bits per heavy atom. The first-order valence-electron chi connectivity index (χ1n) is 14.4. The van der Waals surface area contributed by atoms with E-state index in [4.69, 9.17) is 4.74 Å². The minimum Gasteiger partial charge on any atom is -0.494 e. The molecule has 9 heteroatoms. The number of ether oxygens (including phenoxy) is 1. The monoisotopic (exact) mass is 528 g/mol. The van der Waals surface area contributed by atoms with Gasteiger partial charge >= 0.3 is 0 Å². The zero-order valence-electron chi connectivity index (χ0n) is 23.3. The minimum absolute atomic E-state index is 0.0350. The highest BCUT2D eigenvalue weighted by Gasteiger charge is 2.31. The van der Waals surface area contributed by atoms with Crippen LogP contribution in [0.5, 0.6) is 0 Å². The lowest BCUT2D eigenvalue weighted by Gasteiger charge is -2.38. The van der Waals surface area contributed by atoms with Crippen LogP contribution < -0.4 is 10.6 Å². The van der Waals surface area contributed by atoms with E-state index >= 15 is 0 Å². The van der Waals surface area contributed by atoms with Crippen LogP contribution in [0.3, 0.4) is 0 Å². The van der Waals surface area contributed by atoms with Gasteiger partial charge in [-0.1, -0.05) is 13.0 Å². The molecular formula is C29H45FN6O2. The fourth-order valence-corrected chi connectivity index (χ4v) is 5.41. The number of likely N-dealkylation sites (N-methyl/N-ethyl adjacent to an activating group) is 1. The van der Waals surface area contributed by atoms with Gasteiger partial charge in [0.25, 0.3) is 0 Å². The summed E-state index contributed by atoms with van der Waals surface area (Å²) in [6.07, 6.45) is 13.5. The van der Waals surface area contributed by atoms with Crippen molar-refractivity contribution in [2.24, 2.45) is 15.9 Å². The van der Waals surface area contributed by atoms with E-state index in [0.29, 0.717) is 36.8 Å². The summed E-state index contributed by atoms with van der Waals surface area (Å²) in [6, 6.07) is 0.625. The highest BCUT2D eigenvalue weighted by molar-refractivity contribution is 5.87. The van der Waals surface area contributed by atoms with Crippen LogP contribution in [0.4, 0.5) is 4.39 Å². The number of nitrogens with zero attached hydrogens (tertiary/aromatic N) is 4. The molecule has 1 aliphatic heterocycles. The van der Waals surface area contributed by atoms with Crippen LogP contribution in [0, 0.1) is 5.92 Å². The molecule has 1 heterocycles. The molecule has 8 nitrogen and oxygen atoms in total. The van der Waals surface area contributed by atoms with Gasteiger partial charge in [0.1, 0.15) is 0 Å². The molecule has 38 heavy (non-hydrogen) atoms. The fraction of sp³-hybridized carbons (Fsp3) is 0.690. The lowest BCUT2D eigenvalue weighted by Crippen LogP contribution is -2.46. The average molecular weight is 529 g/mol. The van der Waals surface area contributed by atoms with E-state index in [1.807, 2.05) is 6.21 Å². The number of rotatable bonds is 10. The van der Waals surface area contributed by atoms with Crippen LogP contribution in [-0.4, -0.2) is 86.8 Å². The number of nitrogens with one attached hydrogen (secondary N) is 2. The molecule has 1 amide bonds. The molecule has 1 saturated carbocycles. The van der Waals surface area contributed by atoms with Gasteiger partial charge in [0.2, 0.25) is 11.9 Å². The number of piperazine rings is 1. The van der Waals surface area contributed by atoms with Crippen molar-refractivity contribution in [1.29, 1.82) is 0 Å². The van der Waals surface area contributed by atoms with Crippen molar-refractivity contribution in [2.45, 2.75) is 76.8 Å². The van der Waals surface area contributed by atoms with E-state index in [0.717, 1.165) is 71.2 Å². The van der Waals surface area contributed by atoms with Crippen LogP contribution in [0.25, 0.3) is 0 Å². The maximum Gasteiger partial charge on any atom is 0.227 e. The first-order valence-corrected chi connectivity index (χ1v) is 14.4. The highest BCUT2D eigenvalue weighted by Crippen LogP contribution is 2.34. The summed E-state index contributed by atoms with van der Waals surface area (Å²) >= 11 is 0. The summed E-state index contributed by atoms with van der Waals surface area (Å²) in [5.74, 6) is 0.0885. The second-order valence-corrected chi connectivity index (χ2v) is 10.7. The molecule has 4 aliphatic rings. The zero-order valence-corrected chi connectivity index (χ0v) is 23.3. The topological polar surface area (TPSA) is 81.6 Å².